The first kappa shape index (κ1) is 14.2. The van der Waals surface area contributed by atoms with Crippen LogP contribution in [0.5, 0.6) is 5.75 Å². The SMILES string of the molecule is COc1cccc(C#N)c1NCc1cc(F)cc(Cl)c1. The summed E-state index contributed by atoms with van der Waals surface area (Å²) in [7, 11) is 1.53. The van der Waals surface area contributed by atoms with Gasteiger partial charge in [-0.3, -0.25) is 0 Å². The zero-order chi connectivity index (χ0) is 14.5. The number of benzene rings is 2. The molecule has 0 saturated carbocycles. The van der Waals surface area contributed by atoms with Gasteiger partial charge in [-0.25, -0.2) is 4.39 Å². The number of para-hydroxylation sites is 1. The molecule has 5 heteroatoms. The first-order valence-corrected chi connectivity index (χ1v) is 6.28. The molecule has 20 heavy (non-hydrogen) atoms. The Morgan fingerprint density at radius 3 is 2.80 bits per heavy atom. The molecule has 0 spiro atoms. The second-order valence-corrected chi connectivity index (χ2v) is 4.56. The van der Waals surface area contributed by atoms with E-state index >= 15 is 0 Å². The highest BCUT2D eigenvalue weighted by atomic mass is 35.5. The van der Waals surface area contributed by atoms with Crippen LogP contribution in [0.3, 0.4) is 0 Å². The van der Waals surface area contributed by atoms with Crippen molar-refractivity contribution < 1.29 is 9.13 Å². The Kier molecular flexibility index (Phi) is 4.44. The van der Waals surface area contributed by atoms with Crippen LogP contribution < -0.4 is 10.1 Å². The van der Waals surface area contributed by atoms with Crippen molar-refractivity contribution in [2.45, 2.75) is 6.54 Å². The zero-order valence-corrected chi connectivity index (χ0v) is 11.5. The topological polar surface area (TPSA) is 45.0 Å². The first-order chi connectivity index (χ1) is 9.63. The van der Waals surface area contributed by atoms with Crippen LogP contribution in [0.15, 0.2) is 36.4 Å². The second-order valence-electron chi connectivity index (χ2n) is 4.13. The third kappa shape index (κ3) is 3.19. The minimum atomic E-state index is -0.394. The maximum atomic E-state index is 13.3. The number of hydrogen-bond acceptors (Lipinski definition) is 3. The van der Waals surface area contributed by atoms with Crippen molar-refractivity contribution in [3.63, 3.8) is 0 Å². The molecule has 3 nitrogen and oxygen atoms in total. The van der Waals surface area contributed by atoms with Crippen molar-refractivity contribution in [3.05, 3.63) is 58.4 Å². The van der Waals surface area contributed by atoms with Gasteiger partial charge in [-0.15, -0.1) is 0 Å². The summed E-state index contributed by atoms with van der Waals surface area (Å²) in [4.78, 5) is 0. The molecule has 2 rings (SSSR count). The van der Waals surface area contributed by atoms with E-state index in [1.165, 1.54) is 19.2 Å². The molecular formula is C15H12ClFN2O. The van der Waals surface area contributed by atoms with Gasteiger partial charge in [0.2, 0.25) is 0 Å². The largest absolute Gasteiger partial charge is 0.495 e. The summed E-state index contributed by atoms with van der Waals surface area (Å²) >= 11 is 5.80. The van der Waals surface area contributed by atoms with Crippen LogP contribution in [-0.4, -0.2) is 7.11 Å². The van der Waals surface area contributed by atoms with Gasteiger partial charge in [0.1, 0.15) is 17.6 Å². The highest BCUT2D eigenvalue weighted by Crippen LogP contribution is 2.28. The lowest BCUT2D eigenvalue weighted by molar-refractivity contribution is 0.416. The molecule has 2 aromatic rings. The fourth-order valence-electron chi connectivity index (χ4n) is 1.88. The summed E-state index contributed by atoms with van der Waals surface area (Å²) in [6.45, 7) is 0.340. The molecule has 102 valence electrons. The average molecular weight is 291 g/mol. The lowest BCUT2D eigenvalue weighted by atomic mass is 10.1. The molecule has 0 fully saturated rings. The van der Waals surface area contributed by atoms with Crippen LogP contribution in [-0.2, 0) is 6.54 Å². The highest BCUT2D eigenvalue weighted by Gasteiger charge is 2.08. The monoisotopic (exact) mass is 290 g/mol. The molecule has 0 unspecified atom stereocenters. The fraction of sp³-hybridized carbons (Fsp3) is 0.133. The van der Waals surface area contributed by atoms with E-state index in [-0.39, 0.29) is 0 Å². The van der Waals surface area contributed by atoms with Gasteiger partial charge in [-0.2, -0.15) is 5.26 Å². The number of hydrogen-bond donors (Lipinski definition) is 1. The molecule has 0 heterocycles. The number of ether oxygens (including phenoxy) is 1. The van der Waals surface area contributed by atoms with Gasteiger partial charge >= 0.3 is 0 Å². The first-order valence-electron chi connectivity index (χ1n) is 5.90. The quantitative estimate of drug-likeness (QED) is 0.926. The smallest absolute Gasteiger partial charge is 0.143 e. The van der Waals surface area contributed by atoms with Gasteiger partial charge in [0, 0.05) is 11.6 Å². The van der Waals surface area contributed by atoms with Gasteiger partial charge in [0.25, 0.3) is 0 Å². The summed E-state index contributed by atoms with van der Waals surface area (Å²) in [5, 5.41) is 12.5. The molecule has 0 atom stereocenters. The predicted molar refractivity (Wildman–Crippen MR) is 76.4 cm³/mol. The van der Waals surface area contributed by atoms with Crippen molar-refractivity contribution >= 4 is 17.3 Å². The number of nitriles is 1. The predicted octanol–water partition coefficient (Wildman–Crippen LogP) is 3.97. The van der Waals surface area contributed by atoms with Gasteiger partial charge in [0.05, 0.1) is 18.4 Å². The normalized spacial score (nSPS) is 9.90. The van der Waals surface area contributed by atoms with Gasteiger partial charge < -0.3 is 10.1 Å². The minimum absolute atomic E-state index is 0.335. The van der Waals surface area contributed by atoms with Crippen LogP contribution >= 0.6 is 11.6 Å². The summed E-state index contributed by atoms with van der Waals surface area (Å²) < 4.78 is 18.5. The Bertz CT molecular complexity index is 647. The van der Waals surface area contributed by atoms with Gasteiger partial charge in [0.15, 0.2) is 0 Å². The van der Waals surface area contributed by atoms with Crippen LogP contribution in [0.1, 0.15) is 11.1 Å². The van der Waals surface area contributed by atoms with E-state index in [1.807, 2.05) is 0 Å². The average Bonchev–Trinajstić information content (AvgIpc) is 2.43. The number of rotatable bonds is 4. The molecule has 0 aliphatic heterocycles. The van der Waals surface area contributed by atoms with E-state index in [1.54, 1.807) is 24.3 Å². The molecule has 0 saturated heterocycles. The zero-order valence-electron chi connectivity index (χ0n) is 10.8. The number of halogens is 2. The van der Waals surface area contributed by atoms with Crippen LogP contribution in [0.2, 0.25) is 5.02 Å². The van der Waals surface area contributed by atoms with Crippen LogP contribution in [0, 0.1) is 17.1 Å². The van der Waals surface area contributed by atoms with E-state index < -0.39 is 5.82 Å². The summed E-state index contributed by atoms with van der Waals surface area (Å²) in [6, 6.07) is 11.6. The molecule has 1 N–H and O–H groups in total. The van der Waals surface area contributed by atoms with E-state index in [2.05, 4.69) is 11.4 Å². The lowest BCUT2D eigenvalue weighted by Crippen LogP contribution is -2.03. The van der Waals surface area contributed by atoms with Crippen molar-refractivity contribution in [1.29, 1.82) is 5.26 Å². The van der Waals surface area contributed by atoms with E-state index in [0.717, 1.165) is 0 Å². The number of nitrogens with zero attached hydrogens (tertiary/aromatic N) is 1. The third-order valence-corrected chi connectivity index (χ3v) is 2.98. The standard InChI is InChI=1S/C15H12ClFN2O/c1-20-14-4-2-3-11(8-18)15(14)19-9-10-5-12(16)7-13(17)6-10/h2-7,19H,9H2,1H3. The Morgan fingerprint density at radius 1 is 1.35 bits per heavy atom. The van der Waals surface area contributed by atoms with E-state index in [0.29, 0.717) is 34.1 Å². The summed E-state index contributed by atoms with van der Waals surface area (Å²) in [6.07, 6.45) is 0. The van der Waals surface area contributed by atoms with Crippen molar-refractivity contribution in [3.8, 4) is 11.8 Å². The molecule has 2 aromatic carbocycles. The minimum Gasteiger partial charge on any atom is -0.495 e. The Labute approximate surface area is 121 Å². The Morgan fingerprint density at radius 2 is 2.15 bits per heavy atom. The van der Waals surface area contributed by atoms with Gasteiger partial charge in [-0.1, -0.05) is 17.7 Å². The van der Waals surface area contributed by atoms with Crippen molar-refractivity contribution in [2.24, 2.45) is 0 Å². The van der Waals surface area contributed by atoms with Crippen LogP contribution in [0.4, 0.5) is 10.1 Å². The lowest BCUT2D eigenvalue weighted by Gasteiger charge is -2.12. The van der Waals surface area contributed by atoms with Crippen molar-refractivity contribution in [1.82, 2.24) is 0 Å². The number of methoxy groups -OCH3 is 1. The van der Waals surface area contributed by atoms with E-state index in [9.17, 15) is 4.39 Å². The Hall–Kier alpha value is -2.25. The summed E-state index contributed by atoms with van der Waals surface area (Å²) in [5.74, 6) is 0.168. The van der Waals surface area contributed by atoms with E-state index in [4.69, 9.17) is 21.6 Å². The fourth-order valence-corrected chi connectivity index (χ4v) is 2.12. The van der Waals surface area contributed by atoms with Crippen LogP contribution in [0.25, 0.3) is 0 Å². The molecule has 0 aromatic heterocycles. The molecule has 0 amide bonds. The molecule has 0 aliphatic rings. The molecule has 0 radical (unpaired) electrons. The maximum absolute atomic E-state index is 13.3. The second kappa shape index (κ2) is 6.27. The third-order valence-electron chi connectivity index (χ3n) is 2.76. The van der Waals surface area contributed by atoms with Gasteiger partial charge in [-0.05, 0) is 35.9 Å². The highest BCUT2D eigenvalue weighted by molar-refractivity contribution is 6.30. The Balaban J connectivity index is 2.24. The number of anilines is 1. The summed E-state index contributed by atoms with van der Waals surface area (Å²) in [5.41, 5.74) is 1.73. The molecule has 0 bridgehead atoms. The molecular weight excluding hydrogens is 279 g/mol. The number of nitrogens with one attached hydrogen (secondary N) is 1. The maximum Gasteiger partial charge on any atom is 0.143 e. The molecule has 0 aliphatic carbocycles. The van der Waals surface area contributed by atoms with Crippen molar-refractivity contribution in [2.75, 3.05) is 12.4 Å².